The molecule has 1 aromatic heterocycles. The van der Waals surface area contributed by atoms with Crippen LogP contribution in [-0.4, -0.2) is 40.1 Å². The number of aliphatic hydroxyl groups is 1. The number of hydrogen-bond donors (Lipinski definition) is 3. The molecule has 1 fully saturated rings. The maximum absolute atomic E-state index is 13.3. The van der Waals surface area contributed by atoms with Gasteiger partial charge >= 0.3 is 0 Å². The van der Waals surface area contributed by atoms with E-state index in [2.05, 4.69) is 15.6 Å². The van der Waals surface area contributed by atoms with Gasteiger partial charge in [-0.25, -0.2) is 4.39 Å². The van der Waals surface area contributed by atoms with Gasteiger partial charge < -0.3 is 15.7 Å². The van der Waals surface area contributed by atoms with Crippen molar-refractivity contribution < 1.29 is 19.1 Å². The van der Waals surface area contributed by atoms with Gasteiger partial charge in [-0.3, -0.25) is 14.6 Å². The zero-order valence-corrected chi connectivity index (χ0v) is 16.6. The van der Waals surface area contributed by atoms with Crippen molar-refractivity contribution in [3.63, 3.8) is 0 Å². The highest BCUT2D eigenvalue weighted by atomic mass is 19.1. The van der Waals surface area contributed by atoms with E-state index in [1.165, 1.54) is 18.3 Å². The highest BCUT2D eigenvalue weighted by Crippen LogP contribution is 2.26. The van der Waals surface area contributed by atoms with Crippen molar-refractivity contribution in [2.24, 2.45) is 5.92 Å². The average molecular weight is 399 g/mol. The zero-order chi connectivity index (χ0) is 21.0. The van der Waals surface area contributed by atoms with Crippen LogP contribution in [0, 0.1) is 11.7 Å². The quantitative estimate of drug-likeness (QED) is 0.697. The minimum atomic E-state index is -0.952. The number of nitrogens with zero attached hydrogens (tertiary/aromatic N) is 1. The van der Waals surface area contributed by atoms with Gasteiger partial charge in [0.2, 0.25) is 5.91 Å². The van der Waals surface area contributed by atoms with Crippen molar-refractivity contribution in [1.29, 1.82) is 0 Å². The molecule has 3 rings (SSSR count). The Balaban J connectivity index is 1.53. The second-order valence-electron chi connectivity index (χ2n) is 8.15. The Morgan fingerprint density at radius 1 is 1.24 bits per heavy atom. The monoisotopic (exact) mass is 399 g/mol. The molecule has 1 saturated carbocycles. The topological polar surface area (TPSA) is 91.3 Å². The first-order chi connectivity index (χ1) is 13.7. The van der Waals surface area contributed by atoms with E-state index in [1.54, 1.807) is 38.1 Å². The Labute approximate surface area is 169 Å². The van der Waals surface area contributed by atoms with Crippen LogP contribution in [0.25, 0.3) is 11.3 Å². The first-order valence-electron chi connectivity index (χ1n) is 9.74. The molecule has 1 aliphatic carbocycles. The van der Waals surface area contributed by atoms with Crippen LogP contribution < -0.4 is 10.6 Å². The van der Waals surface area contributed by atoms with Gasteiger partial charge in [-0.2, -0.15) is 0 Å². The van der Waals surface area contributed by atoms with Crippen molar-refractivity contribution in [3.8, 4) is 11.3 Å². The Bertz CT molecular complexity index is 878. The van der Waals surface area contributed by atoms with Gasteiger partial charge in [-0.05, 0) is 57.4 Å². The normalized spacial score (nSPS) is 19.0. The molecule has 1 heterocycles. The maximum atomic E-state index is 13.3. The fraction of sp³-hybridized carbons (Fsp3) is 0.409. The summed E-state index contributed by atoms with van der Waals surface area (Å²) < 4.78 is 13.3. The number of amides is 2. The number of halogens is 1. The number of hydrogen-bond acceptors (Lipinski definition) is 4. The predicted octanol–water partition coefficient (Wildman–Crippen LogP) is 2.67. The third-order valence-electron chi connectivity index (χ3n) is 4.98. The zero-order valence-electron chi connectivity index (χ0n) is 16.6. The van der Waals surface area contributed by atoms with E-state index in [0.717, 1.165) is 6.42 Å². The lowest BCUT2D eigenvalue weighted by atomic mass is 10.1. The molecule has 2 atom stereocenters. The highest BCUT2D eigenvalue weighted by Gasteiger charge is 2.31. The van der Waals surface area contributed by atoms with Crippen LogP contribution in [0.15, 0.2) is 42.6 Å². The molecule has 0 spiro atoms. The van der Waals surface area contributed by atoms with Crippen molar-refractivity contribution >= 4 is 11.8 Å². The second kappa shape index (κ2) is 8.69. The van der Waals surface area contributed by atoms with Crippen LogP contribution >= 0.6 is 0 Å². The largest absolute Gasteiger partial charge is 0.389 e. The standard InChI is InChI=1S/C22H26FN3O3/c1-22(2,29)13-25-20(27)15-6-8-18(11-15)26-21(28)16-7-9-19(24-12-16)14-4-3-5-17(23)10-14/h3-5,7,9-10,12,15,18,29H,6,8,11,13H2,1-2H3,(H,25,27)(H,26,28)/t15-,18+/m1/s1. The molecule has 154 valence electrons. The molecule has 0 saturated heterocycles. The maximum Gasteiger partial charge on any atom is 0.253 e. The minimum Gasteiger partial charge on any atom is -0.389 e. The number of benzene rings is 1. The van der Waals surface area contributed by atoms with E-state index in [1.807, 2.05) is 0 Å². The van der Waals surface area contributed by atoms with Crippen LogP contribution in [-0.2, 0) is 4.79 Å². The SMILES string of the molecule is CC(C)(O)CNC(=O)[C@@H]1CC[C@H](NC(=O)c2ccc(-c3cccc(F)c3)nc2)C1. The molecular weight excluding hydrogens is 373 g/mol. The van der Waals surface area contributed by atoms with E-state index < -0.39 is 5.60 Å². The summed E-state index contributed by atoms with van der Waals surface area (Å²) in [6.45, 7) is 3.47. The van der Waals surface area contributed by atoms with Gasteiger partial charge in [0.1, 0.15) is 5.82 Å². The van der Waals surface area contributed by atoms with Crippen LogP contribution in [0.3, 0.4) is 0 Å². The van der Waals surface area contributed by atoms with Gasteiger partial charge in [-0.15, -0.1) is 0 Å². The molecule has 0 bridgehead atoms. The Hall–Kier alpha value is -2.80. The van der Waals surface area contributed by atoms with Crippen molar-refractivity contribution in [3.05, 3.63) is 54.0 Å². The van der Waals surface area contributed by atoms with Crippen LogP contribution in [0.1, 0.15) is 43.5 Å². The van der Waals surface area contributed by atoms with E-state index in [4.69, 9.17) is 0 Å². The van der Waals surface area contributed by atoms with Gasteiger partial charge in [0.05, 0.1) is 16.9 Å². The number of pyridine rings is 1. The summed E-state index contributed by atoms with van der Waals surface area (Å²) in [6, 6.07) is 9.39. The molecule has 1 aliphatic rings. The molecule has 0 aliphatic heterocycles. The summed E-state index contributed by atoms with van der Waals surface area (Å²) >= 11 is 0. The number of rotatable bonds is 6. The third-order valence-corrected chi connectivity index (χ3v) is 4.98. The van der Waals surface area contributed by atoms with Crippen LogP contribution in [0.5, 0.6) is 0 Å². The molecule has 29 heavy (non-hydrogen) atoms. The van der Waals surface area contributed by atoms with Gasteiger partial charge in [0, 0.05) is 30.3 Å². The Kier molecular flexibility index (Phi) is 6.27. The molecule has 2 aromatic rings. The predicted molar refractivity (Wildman–Crippen MR) is 108 cm³/mol. The number of carbonyl (C=O) groups excluding carboxylic acids is 2. The molecule has 0 unspecified atom stereocenters. The summed E-state index contributed by atoms with van der Waals surface area (Å²) in [5.41, 5.74) is 0.699. The molecule has 2 amide bonds. The molecule has 7 heteroatoms. The van der Waals surface area contributed by atoms with Crippen LogP contribution in [0.4, 0.5) is 4.39 Å². The summed E-state index contributed by atoms with van der Waals surface area (Å²) in [7, 11) is 0. The summed E-state index contributed by atoms with van der Waals surface area (Å²) in [4.78, 5) is 29.0. The van der Waals surface area contributed by atoms with E-state index >= 15 is 0 Å². The molecule has 1 aromatic carbocycles. The molecule has 6 nitrogen and oxygen atoms in total. The molecular formula is C22H26FN3O3. The Morgan fingerprint density at radius 3 is 2.69 bits per heavy atom. The summed E-state index contributed by atoms with van der Waals surface area (Å²) in [5, 5.41) is 15.4. The van der Waals surface area contributed by atoms with Gasteiger partial charge in [0.25, 0.3) is 5.91 Å². The van der Waals surface area contributed by atoms with E-state index in [0.29, 0.717) is 29.7 Å². The summed E-state index contributed by atoms with van der Waals surface area (Å²) in [6.07, 6.45) is 3.46. The lowest BCUT2D eigenvalue weighted by Gasteiger charge is -2.19. The first-order valence-corrected chi connectivity index (χ1v) is 9.74. The van der Waals surface area contributed by atoms with Crippen molar-refractivity contribution in [2.75, 3.05) is 6.54 Å². The fourth-order valence-corrected chi connectivity index (χ4v) is 3.41. The molecule has 0 radical (unpaired) electrons. The van der Waals surface area contributed by atoms with Gasteiger partial charge in [-0.1, -0.05) is 12.1 Å². The third kappa shape index (κ3) is 5.84. The summed E-state index contributed by atoms with van der Waals surface area (Å²) in [5.74, 6) is -0.847. The lowest BCUT2D eigenvalue weighted by Crippen LogP contribution is -2.41. The van der Waals surface area contributed by atoms with Crippen molar-refractivity contribution in [2.45, 2.75) is 44.8 Å². The lowest BCUT2D eigenvalue weighted by molar-refractivity contribution is -0.125. The van der Waals surface area contributed by atoms with Crippen LogP contribution in [0.2, 0.25) is 0 Å². The highest BCUT2D eigenvalue weighted by molar-refractivity contribution is 5.94. The van der Waals surface area contributed by atoms with E-state index in [-0.39, 0.29) is 36.1 Å². The van der Waals surface area contributed by atoms with Crippen molar-refractivity contribution in [1.82, 2.24) is 15.6 Å². The number of aromatic nitrogens is 1. The van der Waals surface area contributed by atoms with E-state index in [9.17, 15) is 19.1 Å². The van der Waals surface area contributed by atoms with Gasteiger partial charge in [0.15, 0.2) is 0 Å². The first kappa shape index (κ1) is 20.9. The number of nitrogens with one attached hydrogen (secondary N) is 2. The number of carbonyl (C=O) groups is 2. The smallest absolute Gasteiger partial charge is 0.253 e. The average Bonchev–Trinajstić information content (AvgIpc) is 3.14. The minimum absolute atomic E-state index is 0.0803. The fourth-order valence-electron chi connectivity index (χ4n) is 3.41. The molecule has 3 N–H and O–H groups in total. The second-order valence-corrected chi connectivity index (χ2v) is 8.15. The Morgan fingerprint density at radius 2 is 2.03 bits per heavy atom.